The number of anilines is 1. The van der Waals surface area contributed by atoms with Gasteiger partial charge in [0.15, 0.2) is 0 Å². The van der Waals surface area contributed by atoms with E-state index < -0.39 is 10.0 Å². The van der Waals surface area contributed by atoms with Gasteiger partial charge in [-0.2, -0.15) is 0 Å². The maximum atomic E-state index is 12.2. The molecule has 0 saturated carbocycles. The van der Waals surface area contributed by atoms with Crippen LogP contribution >= 0.6 is 15.9 Å². The van der Waals surface area contributed by atoms with E-state index in [1.54, 1.807) is 6.07 Å². The average molecular weight is 323 g/mol. The third-order valence-electron chi connectivity index (χ3n) is 2.29. The van der Waals surface area contributed by atoms with Crippen LogP contribution in [-0.4, -0.2) is 38.0 Å². The van der Waals surface area contributed by atoms with Crippen molar-refractivity contribution >= 4 is 31.6 Å². The van der Waals surface area contributed by atoms with E-state index in [-0.39, 0.29) is 23.7 Å². The van der Waals surface area contributed by atoms with Gasteiger partial charge >= 0.3 is 0 Å². The molecule has 0 radical (unpaired) electrons. The molecule has 5 nitrogen and oxygen atoms in total. The lowest BCUT2D eigenvalue weighted by atomic mass is 10.3. The summed E-state index contributed by atoms with van der Waals surface area (Å²) < 4.78 is 26.1. The molecule has 0 atom stereocenters. The molecule has 96 valence electrons. The van der Waals surface area contributed by atoms with Crippen LogP contribution < -0.4 is 5.73 Å². The molecule has 0 aliphatic carbocycles. The van der Waals surface area contributed by atoms with E-state index in [4.69, 9.17) is 10.8 Å². The van der Waals surface area contributed by atoms with Crippen LogP contribution in [0.2, 0.25) is 0 Å². The topological polar surface area (TPSA) is 83.6 Å². The number of aliphatic hydroxyl groups is 1. The molecule has 1 aromatic carbocycles. The van der Waals surface area contributed by atoms with Gasteiger partial charge in [-0.25, -0.2) is 12.7 Å². The first kappa shape index (κ1) is 14.4. The Morgan fingerprint density at radius 2 is 2.12 bits per heavy atom. The van der Waals surface area contributed by atoms with Crippen molar-refractivity contribution in [3.05, 3.63) is 22.7 Å². The molecule has 0 heterocycles. The largest absolute Gasteiger partial charge is 0.398 e. The summed E-state index contributed by atoms with van der Waals surface area (Å²) in [4.78, 5) is 0.0762. The minimum absolute atomic E-state index is 0.0478. The first-order valence-electron chi connectivity index (χ1n) is 5.02. The lowest BCUT2D eigenvalue weighted by molar-refractivity contribution is 0.275. The Labute approximate surface area is 109 Å². The van der Waals surface area contributed by atoms with Crippen LogP contribution in [0.3, 0.4) is 0 Å². The molecule has 1 rings (SSSR count). The first-order valence-corrected chi connectivity index (χ1v) is 7.25. The smallest absolute Gasteiger partial charge is 0.244 e. The molecule has 7 heteroatoms. The minimum atomic E-state index is -3.60. The van der Waals surface area contributed by atoms with Crippen molar-refractivity contribution < 1.29 is 13.5 Å². The molecule has 0 fully saturated rings. The maximum Gasteiger partial charge on any atom is 0.244 e. The number of halogens is 1. The Morgan fingerprint density at radius 1 is 1.47 bits per heavy atom. The lowest BCUT2D eigenvalue weighted by Crippen LogP contribution is -2.29. The van der Waals surface area contributed by atoms with Crippen molar-refractivity contribution in [2.24, 2.45) is 0 Å². The average Bonchev–Trinajstić information content (AvgIpc) is 2.28. The zero-order valence-electron chi connectivity index (χ0n) is 9.43. The van der Waals surface area contributed by atoms with E-state index in [0.29, 0.717) is 10.9 Å². The predicted octanol–water partition coefficient (Wildman–Crippen LogP) is 1.03. The molecule has 0 saturated heterocycles. The fraction of sp³-hybridized carbons (Fsp3) is 0.400. The number of hydrogen-bond donors (Lipinski definition) is 2. The van der Waals surface area contributed by atoms with Crippen molar-refractivity contribution in [2.45, 2.75) is 11.3 Å². The van der Waals surface area contributed by atoms with Gasteiger partial charge in [-0.05, 0) is 24.6 Å². The SMILES string of the molecule is CN(CCCO)S(=O)(=O)c1cc(Br)ccc1N. The van der Waals surface area contributed by atoms with Gasteiger partial charge in [0.2, 0.25) is 10.0 Å². The highest BCUT2D eigenvalue weighted by Crippen LogP contribution is 2.25. The van der Waals surface area contributed by atoms with Crippen LogP contribution in [0.4, 0.5) is 5.69 Å². The maximum absolute atomic E-state index is 12.2. The summed E-state index contributed by atoms with van der Waals surface area (Å²) in [5.74, 6) is 0. The summed E-state index contributed by atoms with van der Waals surface area (Å²) in [5, 5.41) is 8.70. The molecule has 0 amide bonds. The minimum Gasteiger partial charge on any atom is -0.398 e. The van der Waals surface area contributed by atoms with Gasteiger partial charge in [-0.1, -0.05) is 15.9 Å². The van der Waals surface area contributed by atoms with Gasteiger partial charge in [0.05, 0.1) is 5.69 Å². The van der Waals surface area contributed by atoms with Gasteiger partial charge in [0.1, 0.15) is 4.90 Å². The van der Waals surface area contributed by atoms with E-state index in [9.17, 15) is 8.42 Å². The Balaban J connectivity index is 3.08. The Kier molecular flexibility index (Phi) is 4.93. The predicted molar refractivity (Wildman–Crippen MR) is 70.1 cm³/mol. The second kappa shape index (κ2) is 5.81. The highest BCUT2D eigenvalue weighted by Gasteiger charge is 2.22. The standard InChI is InChI=1S/C10H15BrN2O3S/c1-13(5-2-6-14)17(15,16)10-7-8(11)3-4-9(10)12/h3-4,7,14H,2,5-6,12H2,1H3. The van der Waals surface area contributed by atoms with Gasteiger partial charge in [0.25, 0.3) is 0 Å². The number of hydrogen-bond acceptors (Lipinski definition) is 4. The molecule has 17 heavy (non-hydrogen) atoms. The third-order valence-corrected chi connectivity index (χ3v) is 4.70. The van der Waals surface area contributed by atoms with Crippen LogP contribution in [-0.2, 0) is 10.0 Å². The third kappa shape index (κ3) is 3.41. The molecule has 1 aromatic rings. The van der Waals surface area contributed by atoms with E-state index >= 15 is 0 Å². The highest BCUT2D eigenvalue weighted by atomic mass is 79.9. The molecular formula is C10H15BrN2O3S. The number of rotatable bonds is 5. The fourth-order valence-corrected chi connectivity index (χ4v) is 3.17. The number of sulfonamides is 1. The highest BCUT2D eigenvalue weighted by molar-refractivity contribution is 9.10. The van der Waals surface area contributed by atoms with Gasteiger partial charge < -0.3 is 10.8 Å². The quantitative estimate of drug-likeness (QED) is 0.793. The summed E-state index contributed by atoms with van der Waals surface area (Å²) in [6.07, 6.45) is 0.392. The van der Waals surface area contributed by atoms with E-state index in [1.807, 2.05) is 0 Å². The van der Waals surface area contributed by atoms with Crippen molar-refractivity contribution in [3.8, 4) is 0 Å². The van der Waals surface area contributed by atoms with Crippen molar-refractivity contribution in [1.29, 1.82) is 0 Å². The van der Waals surface area contributed by atoms with Crippen LogP contribution in [0.1, 0.15) is 6.42 Å². The number of nitrogens with zero attached hydrogens (tertiary/aromatic N) is 1. The summed E-state index contributed by atoms with van der Waals surface area (Å²) in [5.41, 5.74) is 5.88. The van der Waals surface area contributed by atoms with E-state index in [0.717, 1.165) is 0 Å². The summed E-state index contributed by atoms with van der Waals surface area (Å²) in [7, 11) is -2.13. The zero-order chi connectivity index (χ0) is 13.1. The summed E-state index contributed by atoms with van der Waals surface area (Å²) >= 11 is 3.21. The molecule has 0 spiro atoms. The number of nitrogen functional groups attached to an aromatic ring is 1. The van der Waals surface area contributed by atoms with Gasteiger partial charge in [-0.3, -0.25) is 0 Å². The Hall–Kier alpha value is -0.630. The van der Waals surface area contributed by atoms with Crippen LogP contribution in [0.5, 0.6) is 0 Å². The second-order valence-corrected chi connectivity index (χ2v) is 6.51. The second-order valence-electron chi connectivity index (χ2n) is 3.59. The Bertz CT molecular complexity index is 490. The number of nitrogens with two attached hydrogens (primary N) is 1. The van der Waals surface area contributed by atoms with Crippen LogP contribution in [0, 0.1) is 0 Å². The molecular weight excluding hydrogens is 308 g/mol. The molecule has 0 aliphatic heterocycles. The van der Waals surface area contributed by atoms with Crippen LogP contribution in [0.15, 0.2) is 27.6 Å². The van der Waals surface area contributed by atoms with Gasteiger partial charge in [0, 0.05) is 24.7 Å². The van der Waals surface area contributed by atoms with Crippen molar-refractivity contribution in [2.75, 3.05) is 25.9 Å². The zero-order valence-corrected chi connectivity index (χ0v) is 11.8. The first-order chi connectivity index (χ1) is 7.89. The van der Waals surface area contributed by atoms with Crippen LogP contribution in [0.25, 0.3) is 0 Å². The van der Waals surface area contributed by atoms with Gasteiger partial charge in [-0.15, -0.1) is 0 Å². The normalized spacial score (nSPS) is 12.0. The monoisotopic (exact) mass is 322 g/mol. The fourth-order valence-electron chi connectivity index (χ4n) is 1.31. The lowest BCUT2D eigenvalue weighted by Gasteiger charge is -2.17. The molecule has 0 bridgehead atoms. The summed E-state index contributed by atoms with van der Waals surface area (Å²) in [6.45, 7) is 0.207. The summed E-state index contributed by atoms with van der Waals surface area (Å²) in [6, 6.07) is 4.69. The van der Waals surface area contributed by atoms with E-state index in [2.05, 4.69) is 15.9 Å². The van der Waals surface area contributed by atoms with E-state index in [1.165, 1.54) is 23.5 Å². The number of benzene rings is 1. The Morgan fingerprint density at radius 3 is 2.71 bits per heavy atom. The molecule has 0 aliphatic rings. The molecule has 3 N–H and O–H groups in total. The molecule has 0 unspecified atom stereocenters. The van der Waals surface area contributed by atoms with Crippen molar-refractivity contribution in [3.63, 3.8) is 0 Å². The van der Waals surface area contributed by atoms with Crippen molar-refractivity contribution in [1.82, 2.24) is 4.31 Å². The number of aliphatic hydroxyl groups excluding tert-OH is 1. The molecule has 0 aromatic heterocycles.